The highest BCUT2D eigenvalue weighted by Gasteiger charge is 2.18. The number of hydrogen-bond donors (Lipinski definition) is 0. The molecule has 3 heterocycles. The fourth-order valence-corrected chi connectivity index (χ4v) is 3.96. The van der Waals surface area contributed by atoms with E-state index in [1.54, 1.807) is 4.90 Å². The zero-order chi connectivity index (χ0) is 21.4. The number of aryl methyl sites for hydroxylation is 2. The molecule has 7 nitrogen and oxygen atoms in total. The van der Waals surface area contributed by atoms with Crippen molar-refractivity contribution in [2.45, 2.75) is 53.1 Å². The molecule has 0 saturated heterocycles. The largest absolute Gasteiger partial charge is 0.454 e. The van der Waals surface area contributed by atoms with Crippen molar-refractivity contribution in [1.82, 2.24) is 19.7 Å². The van der Waals surface area contributed by atoms with Crippen LogP contribution >= 0.6 is 0 Å². The van der Waals surface area contributed by atoms with Crippen molar-refractivity contribution in [3.63, 3.8) is 0 Å². The second kappa shape index (κ2) is 7.97. The van der Waals surface area contributed by atoms with E-state index in [0.717, 1.165) is 44.9 Å². The summed E-state index contributed by atoms with van der Waals surface area (Å²) in [6.07, 6.45) is 2.99. The Morgan fingerprint density at radius 1 is 1.23 bits per heavy atom. The van der Waals surface area contributed by atoms with Crippen LogP contribution in [-0.2, 0) is 17.8 Å². The number of amides is 1. The van der Waals surface area contributed by atoms with Crippen molar-refractivity contribution >= 4 is 16.9 Å². The predicted molar refractivity (Wildman–Crippen MR) is 115 cm³/mol. The number of benzene rings is 1. The van der Waals surface area contributed by atoms with Crippen molar-refractivity contribution in [3.05, 3.63) is 46.8 Å². The second-order valence-corrected chi connectivity index (χ2v) is 8.16. The molecule has 4 rings (SSSR count). The first-order chi connectivity index (χ1) is 14.3. The van der Waals surface area contributed by atoms with Crippen LogP contribution in [0.2, 0.25) is 0 Å². The molecule has 30 heavy (non-hydrogen) atoms. The van der Waals surface area contributed by atoms with Crippen LogP contribution in [0.5, 0.6) is 11.5 Å². The Morgan fingerprint density at radius 3 is 2.77 bits per heavy atom. The van der Waals surface area contributed by atoms with Gasteiger partial charge >= 0.3 is 0 Å². The van der Waals surface area contributed by atoms with Crippen LogP contribution in [0.25, 0.3) is 11.0 Å². The van der Waals surface area contributed by atoms with Gasteiger partial charge in [-0.25, -0.2) is 9.67 Å². The molecule has 0 radical (unpaired) electrons. The number of hydrogen-bond acceptors (Lipinski definition) is 5. The first-order valence-electron chi connectivity index (χ1n) is 10.3. The van der Waals surface area contributed by atoms with E-state index in [2.05, 4.69) is 25.9 Å². The minimum atomic E-state index is 0.101. The lowest BCUT2D eigenvalue weighted by atomic mass is 10.00. The molecule has 158 valence electrons. The van der Waals surface area contributed by atoms with Crippen molar-refractivity contribution in [2.24, 2.45) is 0 Å². The maximum absolute atomic E-state index is 12.8. The van der Waals surface area contributed by atoms with Gasteiger partial charge < -0.3 is 14.4 Å². The lowest BCUT2D eigenvalue weighted by Gasteiger charge is -2.18. The molecule has 1 aromatic carbocycles. The summed E-state index contributed by atoms with van der Waals surface area (Å²) in [5.74, 6) is 1.59. The molecule has 0 bridgehead atoms. The Hall–Kier alpha value is -3.09. The SMILES string of the molecule is Cc1nc2c(cnn2C(C)C)c(C)c1CCC(=O)N(C)Cc1ccc2c(c1)OCO2. The van der Waals surface area contributed by atoms with Gasteiger partial charge in [-0.3, -0.25) is 4.79 Å². The molecule has 0 N–H and O–H groups in total. The molecule has 0 saturated carbocycles. The molecule has 3 aromatic rings. The highest BCUT2D eigenvalue weighted by atomic mass is 16.7. The van der Waals surface area contributed by atoms with E-state index in [0.29, 0.717) is 19.4 Å². The zero-order valence-corrected chi connectivity index (χ0v) is 18.2. The van der Waals surface area contributed by atoms with Crippen LogP contribution in [0.3, 0.4) is 0 Å². The van der Waals surface area contributed by atoms with E-state index in [1.165, 1.54) is 0 Å². The van der Waals surface area contributed by atoms with E-state index in [1.807, 2.05) is 43.0 Å². The molecule has 2 aromatic heterocycles. The van der Waals surface area contributed by atoms with Gasteiger partial charge in [-0.2, -0.15) is 5.10 Å². The second-order valence-electron chi connectivity index (χ2n) is 8.16. The number of nitrogens with zero attached hydrogens (tertiary/aromatic N) is 4. The molecule has 0 atom stereocenters. The Balaban J connectivity index is 1.45. The van der Waals surface area contributed by atoms with Crippen LogP contribution in [0, 0.1) is 13.8 Å². The molecule has 0 unspecified atom stereocenters. The average molecular weight is 409 g/mol. The number of fused-ring (bicyclic) bond motifs is 2. The first kappa shape index (κ1) is 20.2. The number of carbonyl (C=O) groups excluding carboxylic acids is 1. The van der Waals surface area contributed by atoms with Gasteiger partial charge in [-0.05, 0) is 62.9 Å². The van der Waals surface area contributed by atoms with Crippen LogP contribution < -0.4 is 9.47 Å². The van der Waals surface area contributed by atoms with E-state index >= 15 is 0 Å². The van der Waals surface area contributed by atoms with Crippen molar-refractivity contribution in [1.29, 1.82) is 0 Å². The normalized spacial score (nSPS) is 12.7. The fraction of sp³-hybridized carbons (Fsp3) is 0.435. The van der Waals surface area contributed by atoms with E-state index in [9.17, 15) is 4.79 Å². The Bertz CT molecular complexity index is 1100. The van der Waals surface area contributed by atoms with Gasteiger partial charge in [0.05, 0.1) is 6.20 Å². The maximum atomic E-state index is 12.8. The Labute approximate surface area is 176 Å². The highest BCUT2D eigenvalue weighted by molar-refractivity contribution is 5.81. The fourth-order valence-electron chi connectivity index (χ4n) is 3.96. The summed E-state index contributed by atoms with van der Waals surface area (Å²) in [6, 6.07) is 6.05. The zero-order valence-electron chi connectivity index (χ0n) is 18.2. The molecule has 7 heteroatoms. The van der Waals surface area contributed by atoms with Crippen molar-refractivity contribution in [2.75, 3.05) is 13.8 Å². The quantitative estimate of drug-likeness (QED) is 0.618. The Morgan fingerprint density at radius 2 is 2.00 bits per heavy atom. The number of pyridine rings is 1. The van der Waals surface area contributed by atoms with Gasteiger partial charge in [0.2, 0.25) is 12.7 Å². The van der Waals surface area contributed by atoms with Crippen molar-refractivity contribution < 1.29 is 14.3 Å². The smallest absolute Gasteiger partial charge is 0.231 e. The first-order valence-corrected chi connectivity index (χ1v) is 10.3. The summed E-state index contributed by atoms with van der Waals surface area (Å²) in [6.45, 7) is 9.09. The molecule has 1 aliphatic heterocycles. The molecule has 1 aliphatic rings. The summed E-state index contributed by atoms with van der Waals surface area (Å²) >= 11 is 0. The van der Waals surface area contributed by atoms with Crippen molar-refractivity contribution in [3.8, 4) is 11.5 Å². The molecule has 0 fully saturated rings. The predicted octanol–water partition coefficient (Wildman–Crippen LogP) is 3.95. The third kappa shape index (κ3) is 3.72. The van der Waals surface area contributed by atoms with Gasteiger partial charge in [0, 0.05) is 37.1 Å². The maximum Gasteiger partial charge on any atom is 0.231 e. The van der Waals surface area contributed by atoms with Gasteiger partial charge in [0.15, 0.2) is 17.1 Å². The molecule has 0 aliphatic carbocycles. The van der Waals surface area contributed by atoms with E-state index in [-0.39, 0.29) is 18.7 Å². The Kier molecular flexibility index (Phi) is 5.37. The van der Waals surface area contributed by atoms with Gasteiger partial charge in [-0.15, -0.1) is 0 Å². The summed E-state index contributed by atoms with van der Waals surface area (Å²) < 4.78 is 12.7. The molecule has 0 spiro atoms. The molecular weight excluding hydrogens is 380 g/mol. The average Bonchev–Trinajstić information content (AvgIpc) is 3.33. The lowest BCUT2D eigenvalue weighted by Crippen LogP contribution is -2.26. The minimum Gasteiger partial charge on any atom is -0.454 e. The number of ether oxygens (including phenoxy) is 2. The highest BCUT2D eigenvalue weighted by Crippen LogP contribution is 2.33. The minimum absolute atomic E-state index is 0.101. The monoisotopic (exact) mass is 408 g/mol. The van der Waals surface area contributed by atoms with E-state index in [4.69, 9.17) is 14.5 Å². The van der Waals surface area contributed by atoms with E-state index < -0.39 is 0 Å². The van der Waals surface area contributed by atoms with Gasteiger partial charge in [0.1, 0.15) is 0 Å². The van der Waals surface area contributed by atoms with Crippen LogP contribution in [0.15, 0.2) is 24.4 Å². The summed E-state index contributed by atoms with van der Waals surface area (Å²) in [4.78, 5) is 19.3. The molecule has 1 amide bonds. The van der Waals surface area contributed by atoms with Gasteiger partial charge in [-0.1, -0.05) is 6.07 Å². The van der Waals surface area contributed by atoms with Gasteiger partial charge in [0.25, 0.3) is 0 Å². The lowest BCUT2D eigenvalue weighted by molar-refractivity contribution is -0.130. The third-order valence-corrected chi connectivity index (χ3v) is 5.70. The number of aromatic nitrogens is 3. The third-order valence-electron chi connectivity index (χ3n) is 5.70. The van der Waals surface area contributed by atoms with Crippen LogP contribution in [-0.4, -0.2) is 39.4 Å². The summed E-state index contributed by atoms with van der Waals surface area (Å²) in [5, 5.41) is 5.55. The molecular formula is C23H28N4O3. The number of rotatable bonds is 6. The summed E-state index contributed by atoms with van der Waals surface area (Å²) in [7, 11) is 1.83. The summed E-state index contributed by atoms with van der Waals surface area (Å²) in [5.41, 5.74) is 5.20. The topological polar surface area (TPSA) is 69.5 Å². The van der Waals surface area contributed by atoms with Crippen LogP contribution in [0.1, 0.15) is 48.7 Å². The number of carbonyl (C=O) groups is 1. The van der Waals surface area contributed by atoms with Crippen LogP contribution in [0.4, 0.5) is 0 Å². The standard InChI is InChI=1S/C23H28N4O3/c1-14(2)27-23-19(11-24-27)15(3)18(16(4)25-23)7-9-22(28)26(5)12-17-6-8-20-21(10-17)30-13-29-20/h6,8,10-11,14H,7,9,12-13H2,1-5H3.